The molecule has 3 rings (SSSR count). The number of guanidine groups is 1. The van der Waals surface area contributed by atoms with Gasteiger partial charge in [0.05, 0.1) is 6.54 Å². The van der Waals surface area contributed by atoms with Crippen molar-refractivity contribution in [3.05, 3.63) is 17.8 Å². The van der Waals surface area contributed by atoms with Gasteiger partial charge in [-0.05, 0) is 19.9 Å². The molecule has 0 unspecified atom stereocenters. The van der Waals surface area contributed by atoms with Crippen LogP contribution in [0.5, 0.6) is 0 Å². The molecule has 0 radical (unpaired) electrons. The summed E-state index contributed by atoms with van der Waals surface area (Å²) in [6.07, 6.45) is 1.87. The van der Waals surface area contributed by atoms with Gasteiger partial charge in [-0.3, -0.25) is 10.1 Å². The van der Waals surface area contributed by atoms with Crippen molar-refractivity contribution in [3.63, 3.8) is 0 Å². The molecule has 1 aromatic rings. The van der Waals surface area contributed by atoms with Gasteiger partial charge >= 0.3 is 0 Å². The topological polar surface area (TPSA) is 60.5 Å². The molecule has 78 valence electrons. The van der Waals surface area contributed by atoms with Crippen LogP contribution in [-0.2, 0) is 11.3 Å². The molecule has 0 spiro atoms. The van der Waals surface area contributed by atoms with E-state index in [0.29, 0.717) is 5.96 Å². The van der Waals surface area contributed by atoms with Gasteiger partial charge in [0.25, 0.3) is 5.91 Å². The quantitative estimate of drug-likeness (QED) is 0.654. The van der Waals surface area contributed by atoms with Gasteiger partial charge in [-0.2, -0.15) is 4.99 Å². The number of fused-ring (bicyclic) bond motifs is 2. The summed E-state index contributed by atoms with van der Waals surface area (Å²) in [5.41, 5.74) is 0.622. The van der Waals surface area contributed by atoms with E-state index in [-0.39, 0.29) is 5.91 Å². The summed E-state index contributed by atoms with van der Waals surface area (Å²) in [6.45, 7) is 4.54. The number of carbonyl (C=O) groups excluding carboxylic acids is 1. The van der Waals surface area contributed by atoms with Gasteiger partial charge in [0.15, 0.2) is 0 Å². The summed E-state index contributed by atoms with van der Waals surface area (Å²) in [7, 11) is 0. The number of aromatic amines is 1. The summed E-state index contributed by atoms with van der Waals surface area (Å²) in [4.78, 5) is 21.1. The van der Waals surface area contributed by atoms with E-state index in [9.17, 15) is 4.79 Å². The van der Waals surface area contributed by atoms with Crippen molar-refractivity contribution >= 4 is 17.7 Å². The molecule has 3 heterocycles. The second kappa shape index (κ2) is 2.42. The summed E-state index contributed by atoms with van der Waals surface area (Å²) in [5.74, 6) is 1.51. The summed E-state index contributed by atoms with van der Waals surface area (Å²) in [5, 5.41) is 2.79. The Morgan fingerprint density at radius 2 is 2.33 bits per heavy atom. The first-order chi connectivity index (χ1) is 7.09. The molecule has 0 bridgehead atoms. The summed E-state index contributed by atoms with van der Waals surface area (Å²) >= 11 is 0. The molecular weight excluding hydrogens is 192 g/mol. The molecule has 0 atom stereocenters. The number of rotatable bonds is 0. The van der Waals surface area contributed by atoms with Crippen LogP contribution in [0.3, 0.4) is 0 Å². The molecule has 5 heteroatoms. The van der Waals surface area contributed by atoms with Crippen LogP contribution in [0, 0.1) is 0 Å². The van der Waals surface area contributed by atoms with E-state index in [4.69, 9.17) is 0 Å². The fraction of sp³-hybridized carbons (Fsp3) is 0.400. The van der Waals surface area contributed by atoms with Gasteiger partial charge in [-0.1, -0.05) is 0 Å². The Morgan fingerprint density at radius 1 is 1.53 bits per heavy atom. The molecule has 15 heavy (non-hydrogen) atoms. The molecule has 2 aliphatic heterocycles. The highest BCUT2D eigenvalue weighted by Gasteiger charge is 2.45. The first-order valence-electron chi connectivity index (χ1n) is 4.93. The lowest BCUT2D eigenvalue weighted by Gasteiger charge is -2.31. The number of carbonyl (C=O) groups is 1. The molecule has 2 aliphatic rings. The zero-order valence-electron chi connectivity index (χ0n) is 8.66. The van der Waals surface area contributed by atoms with Crippen molar-refractivity contribution in [1.29, 1.82) is 0 Å². The molecule has 5 nitrogen and oxygen atoms in total. The molecule has 1 aromatic heterocycles. The van der Waals surface area contributed by atoms with Crippen LogP contribution in [0.2, 0.25) is 0 Å². The normalized spacial score (nSPS) is 21.9. The van der Waals surface area contributed by atoms with E-state index in [0.717, 1.165) is 17.9 Å². The Morgan fingerprint density at radius 3 is 3.13 bits per heavy atom. The number of aromatic nitrogens is 1. The second-order valence-corrected chi connectivity index (χ2v) is 4.39. The van der Waals surface area contributed by atoms with Crippen molar-refractivity contribution in [2.24, 2.45) is 4.99 Å². The van der Waals surface area contributed by atoms with E-state index in [1.54, 1.807) is 0 Å². The Hall–Kier alpha value is -1.78. The van der Waals surface area contributed by atoms with Crippen LogP contribution in [-0.4, -0.2) is 27.3 Å². The Kier molecular flexibility index (Phi) is 1.37. The van der Waals surface area contributed by atoms with E-state index in [1.807, 2.05) is 31.0 Å². The maximum Gasteiger partial charge on any atom is 0.252 e. The summed E-state index contributed by atoms with van der Waals surface area (Å²) < 4.78 is 0. The summed E-state index contributed by atoms with van der Waals surface area (Å²) in [6, 6.07) is 1.99. The minimum atomic E-state index is -0.506. The van der Waals surface area contributed by atoms with Gasteiger partial charge < -0.3 is 9.88 Å². The molecule has 0 aliphatic carbocycles. The highest BCUT2D eigenvalue weighted by atomic mass is 16.2. The zero-order valence-corrected chi connectivity index (χ0v) is 8.66. The van der Waals surface area contributed by atoms with E-state index in [2.05, 4.69) is 15.3 Å². The SMILES string of the molecule is CC1(C)C(=O)NC2=Nc3[nH]ccc3CN21. The lowest BCUT2D eigenvalue weighted by Crippen LogP contribution is -2.44. The van der Waals surface area contributed by atoms with E-state index >= 15 is 0 Å². The van der Waals surface area contributed by atoms with Crippen molar-refractivity contribution in [3.8, 4) is 0 Å². The highest BCUT2D eigenvalue weighted by Crippen LogP contribution is 2.31. The molecular formula is C10H12N4O. The fourth-order valence-corrected chi connectivity index (χ4v) is 1.97. The van der Waals surface area contributed by atoms with Crippen LogP contribution in [0.1, 0.15) is 19.4 Å². The first kappa shape index (κ1) is 8.52. The van der Waals surface area contributed by atoms with E-state index in [1.165, 1.54) is 0 Å². The lowest BCUT2D eigenvalue weighted by molar-refractivity contribution is -0.125. The third-order valence-corrected chi connectivity index (χ3v) is 3.07. The van der Waals surface area contributed by atoms with Crippen LogP contribution < -0.4 is 5.32 Å². The minimum absolute atomic E-state index is 0.00593. The molecule has 1 saturated heterocycles. The van der Waals surface area contributed by atoms with Gasteiger partial charge in [-0.15, -0.1) is 0 Å². The van der Waals surface area contributed by atoms with Crippen LogP contribution in [0.4, 0.5) is 5.82 Å². The van der Waals surface area contributed by atoms with Crippen molar-refractivity contribution in [2.75, 3.05) is 0 Å². The highest BCUT2D eigenvalue weighted by molar-refractivity contribution is 6.09. The maximum absolute atomic E-state index is 11.7. The molecule has 2 N–H and O–H groups in total. The molecule has 1 amide bonds. The van der Waals surface area contributed by atoms with Crippen molar-refractivity contribution in [2.45, 2.75) is 25.9 Å². The predicted molar refractivity (Wildman–Crippen MR) is 55.7 cm³/mol. The Labute approximate surface area is 87.2 Å². The van der Waals surface area contributed by atoms with Crippen molar-refractivity contribution in [1.82, 2.24) is 15.2 Å². The Bertz CT molecular complexity index is 472. The number of hydrogen-bond acceptors (Lipinski definition) is 3. The first-order valence-corrected chi connectivity index (χ1v) is 4.93. The van der Waals surface area contributed by atoms with Gasteiger partial charge in [-0.25, -0.2) is 0 Å². The standard InChI is InChI=1S/C10H12N4O/c1-10(2)8(15)13-9-12-7-6(3-4-11-7)5-14(9)10/h3-4,11H,5H2,1-2H3,(H,12,13,15). The number of nitrogens with zero attached hydrogens (tertiary/aromatic N) is 2. The van der Waals surface area contributed by atoms with Gasteiger partial charge in [0, 0.05) is 11.8 Å². The number of amides is 1. The zero-order chi connectivity index (χ0) is 10.6. The number of aliphatic imine (C=N–C) groups is 1. The monoisotopic (exact) mass is 204 g/mol. The smallest absolute Gasteiger partial charge is 0.252 e. The maximum atomic E-state index is 11.7. The second-order valence-electron chi connectivity index (χ2n) is 4.39. The van der Waals surface area contributed by atoms with Crippen LogP contribution in [0.15, 0.2) is 17.3 Å². The predicted octanol–water partition coefficient (Wildman–Crippen LogP) is 0.726. The number of hydrogen-bond donors (Lipinski definition) is 2. The number of H-pyrrole nitrogens is 1. The third-order valence-electron chi connectivity index (χ3n) is 3.07. The van der Waals surface area contributed by atoms with E-state index < -0.39 is 5.54 Å². The van der Waals surface area contributed by atoms with Crippen LogP contribution in [0.25, 0.3) is 0 Å². The third kappa shape index (κ3) is 0.973. The molecule has 0 aromatic carbocycles. The average molecular weight is 204 g/mol. The number of nitrogens with one attached hydrogen (secondary N) is 2. The fourth-order valence-electron chi connectivity index (χ4n) is 1.97. The Balaban J connectivity index is 2.10. The van der Waals surface area contributed by atoms with Gasteiger partial charge in [0.1, 0.15) is 11.4 Å². The van der Waals surface area contributed by atoms with Gasteiger partial charge in [0.2, 0.25) is 5.96 Å². The van der Waals surface area contributed by atoms with Crippen LogP contribution >= 0.6 is 0 Å². The minimum Gasteiger partial charge on any atom is -0.346 e. The largest absolute Gasteiger partial charge is 0.346 e. The average Bonchev–Trinajstić information content (AvgIpc) is 2.69. The molecule has 0 saturated carbocycles. The van der Waals surface area contributed by atoms with Crippen molar-refractivity contribution < 1.29 is 4.79 Å². The lowest BCUT2D eigenvalue weighted by atomic mass is 10.0. The molecule has 1 fully saturated rings.